The molecule has 0 saturated carbocycles. The van der Waals surface area contributed by atoms with Crippen molar-refractivity contribution >= 4 is 10.9 Å². The van der Waals surface area contributed by atoms with Crippen LogP contribution in [0.5, 0.6) is 5.88 Å². The molecule has 2 rings (SSSR count). The molecule has 68 valence electrons. The van der Waals surface area contributed by atoms with Crippen LogP contribution in [0.15, 0.2) is 18.3 Å². The van der Waals surface area contributed by atoms with Gasteiger partial charge >= 0.3 is 0 Å². The highest BCUT2D eigenvalue weighted by Crippen LogP contribution is 2.24. The summed E-state index contributed by atoms with van der Waals surface area (Å²) in [6, 6.07) is 4.12. The second-order valence-electron chi connectivity index (χ2n) is 3.10. The molecule has 0 fully saturated rings. The molecule has 2 aromatic rings. The van der Waals surface area contributed by atoms with Crippen LogP contribution >= 0.6 is 0 Å². The summed E-state index contributed by atoms with van der Waals surface area (Å²) in [5, 5.41) is 1.17. The third kappa shape index (κ3) is 1.08. The molecule has 0 aliphatic carbocycles. The molecule has 3 heteroatoms. The predicted molar refractivity (Wildman–Crippen MR) is 52.0 cm³/mol. The first-order chi connectivity index (χ1) is 6.24. The number of ether oxygens (including phenoxy) is 1. The summed E-state index contributed by atoms with van der Waals surface area (Å²) in [5.74, 6) is 0.688. The molecule has 0 amide bonds. The molecule has 2 heterocycles. The van der Waals surface area contributed by atoms with Crippen LogP contribution in [0.1, 0.15) is 5.69 Å². The quantitative estimate of drug-likeness (QED) is 0.663. The Bertz CT molecular complexity index is 445. The molecule has 0 spiro atoms. The van der Waals surface area contributed by atoms with Crippen molar-refractivity contribution in [1.29, 1.82) is 0 Å². The standard InChI is InChI=1S/C10H12N2O/c1-7-6-8-4-5-11-10(13-3)9(8)12(7)2/h4-6H,1-3H3. The molecule has 0 N–H and O–H groups in total. The summed E-state index contributed by atoms with van der Waals surface area (Å²) in [5.41, 5.74) is 2.27. The van der Waals surface area contributed by atoms with Gasteiger partial charge in [-0.25, -0.2) is 4.98 Å². The molecule has 0 saturated heterocycles. The Balaban J connectivity index is 2.87. The van der Waals surface area contributed by atoms with Crippen LogP contribution in [0.2, 0.25) is 0 Å². The van der Waals surface area contributed by atoms with Crippen molar-refractivity contribution in [2.45, 2.75) is 6.92 Å². The van der Waals surface area contributed by atoms with Crippen LogP contribution < -0.4 is 4.74 Å². The highest BCUT2D eigenvalue weighted by molar-refractivity contribution is 5.85. The molecule has 13 heavy (non-hydrogen) atoms. The number of methoxy groups -OCH3 is 1. The molecule has 0 radical (unpaired) electrons. The van der Waals surface area contributed by atoms with E-state index in [1.54, 1.807) is 13.3 Å². The molecule has 0 aliphatic rings. The number of hydrogen-bond acceptors (Lipinski definition) is 2. The zero-order valence-electron chi connectivity index (χ0n) is 8.03. The van der Waals surface area contributed by atoms with Gasteiger partial charge in [0.25, 0.3) is 0 Å². The van der Waals surface area contributed by atoms with E-state index in [2.05, 4.69) is 22.5 Å². The van der Waals surface area contributed by atoms with Crippen molar-refractivity contribution in [1.82, 2.24) is 9.55 Å². The fourth-order valence-corrected chi connectivity index (χ4v) is 1.55. The van der Waals surface area contributed by atoms with Crippen molar-refractivity contribution in [2.75, 3.05) is 7.11 Å². The number of rotatable bonds is 1. The third-order valence-electron chi connectivity index (χ3n) is 2.34. The summed E-state index contributed by atoms with van der Waals surface area (Å²) < 4.78 is 7.27. The van der Waals surface area contributed by atoms with E-state index in [1.807, 2.05) is 13.1 Å². The van der Waals surface area contributed by atoms with Crippen LogP contribution in [0.25, 0.3) is 10.9 Å². The van der Waals surface area contributed by atoms with Crippen LogP contribution in [0, 0.1) is 6.92 Å². The van der Waals surface area contributed by atoms with Gasteiger partial charge in [0.1, 0.15) is 5.52 Å². The maximum atomic E-state index is 5.19. The number of aryl methyl sites for hydroxylation is 2. The van der Waals surface area contributed by atoms with Gasteiger partial charge in [0.15, 0.2) is 0 Å². The van der Waals surface area contributed by atoms with E-state index in [1.165, 1.54) is 11.1 Å². The fraction of sp³-hybridized carbons (Fsp3) is 0.300. The van der Waals surface area contributed by atoms with Crippen LogP contribution in [-0.4, -0.2) is 16.7 Å². The Kier molecular flexibility index (Phi) is 1.72. The van der Waals surface area contributed by atoms with Crippen LogP contribution in [0.4, 0.5) is 0 Å². The number of aromatic nitrogens is 2. The molecule has 0 atom stereocenters. The number of pyridine rings is 1. The predicted octanol–water partition coefficient (Wildman–Crippen LogP) is 1.89. The molecule has 0 unspecified atom stereocenters. The van der Waals surface area contributed by atoms with Crippen LogP contribution in [0.3, 0.4) is 0 Å². The molecule has 0 bridgehead atoms. The first kappa shape index (κ1) is 8.10. The van der Waals surface area contributed by atoms with Gasteiger partial charge in [-0.3, -0.25) is 0 Å². The van der Waals surface area contributed by atoms with E-state index in [4.69, 9.17) is 4.74 Å². The lowest BCUT2D eigenvalue weighted by molar-refractivity contribution is 0.401. The fourth-order valence-electron chi connectivity index (χ4n) is 1.55. The highest BCUT2D eigenvalue weighted by atomic mass is 16.5. The first-order valence-electron chi connectivity index (χ1n) is 4.19. The monoisotopic (exact) mass is 176 g/mol. The Morgan fingerprint density at radius 2 is 2.23 bits per heavy atom. The average molecular weight is 176 g/mol. The van der Waals surface area contributed by atoms with Crippen molar-refractivity contribution in [3.05, 3.63) is 24.0 Å². The SMILES string of the molecule is COc1nccc2cc(C)n(C)c12. The number of hydrogen-bond donors (Lipinski definition) is 0. The summed E-state index contributed by atoms with van der Waals surface area (Å²) in [7, 11) is 3.66. The summed E-state index contributed by atoms with van der Waals surface area (Å²) in [6.45, 7) is 2.07. The Labute approximate surface area is 77.0 Å². The Morgan fingerprint density at radius 1 is 1.46 bits per heavy atom. The van der Waals surface area contributed by atoms with Gasteiger partial charge < -0.3 is 9.30 Å². The minimum Gasteiger partial charge on any atom is -0.479 e. The van der Waals surface area contributed by atoms with Gasteiger partial charge in [0, 0.05) is 24.3 Å². The van der Waals surface area contributed by atoms with E-state index in [-0.39, 0.29) is 0 Å². The van der Waals surface area contributed by atoms with Gasteiger partial charge in [-0.15, -0.1) is 0 Å². The largest absolute Gasteiger partial charge is 0.479 e. The first-order valence-corrected chi connectivity index (χ1v) is 4.19. The maximum Gasteiger partial charge on any atom is 0.238 e. The summed E-state index contributed by atoms with van der Waals surface area (Å²) >= 11 is 0. The van der Waals surface area contributed by atoms with E-state index in [0.717, 1.165) is 5.52 Å². The zero-order valence-corrected chi connectivity index (χ0v) is 8.03. The molecular weight excluding hydrogens is 164 g/mol. The number of nitrogens with zero attached hydrogens (tertiary/aromatic N) is 2. The molecule has 0 aromatic carbocycles. The summed E-state index contributed by atoms with van der Waals surface area (Å²) in [6.07, 6.45) is 1.76. The summed E-state index contributed by atoms with van der Waals surface area (Å²) in [4.78, 5) is 4.16. The van der Waals surface area contributed by atoms with E-state index in [9.17, 15) is 0 Å². The number of fused-ring (bicyclic) bond motifs is 1. The zero-order chi connectivity index (χ0) is 9.42. The van der Waals surface area contributed by atoms with Gasteiger partial charge in [0.2, 0.25) is 5.88 Å². The van der Waals surface area contributed by atoms with E-state index < -0.39 is 0 Å². The molecule has 2 aromatic heterocycles. The molecule has 0 aliphatic heterocycles. The van der Waals surface area contributed by atoms with E-state index in [0.29, 0.717) is 5.88 Å². The second-order valence-corrected chi connectivity index (χ2v) is 3.10. The van der Waals surface area contributed by atoms with Gasteiger partial charge in [-0.2, -0.15) is 0 Å². The lowest BCUT2D eigenvalue weighted by Crippen LogP contribution is -1.94. The lowest BCUT2D eigenvalue weighted by Gasteiger charge is -2.03. The van der Waals surface area contributed by atoms with Crippen molar-refractivity contribution in [2.24, 2.45) is 7.05 Å². The molecular formula is C10H12N2O. The topological polar surface area (TPSA) is 27.1 Å². The van der Waals surface area contributed by atoms with E-state index >= 15 is 0 Å². The minimum absolute atomic E-state index is 0.688. The Morgan fingerprint density at radius 3 is 2.92 bits per heavy atom. The lowest BCUT2D eigenvalue weighted by atomic mass is 10.3. The van der Waals surface area contributed by atoms with Crippen LogP contribution in [-0.2, 0) is 7.05 Å². The smallest absolute Gasteiger partial charge is 0.238 e. The van der Waals surface area contributed by atoms with Crippen molar-refractivity contribution in [3.63, 3.8) is 0 Å². The average Bonchev–Trinajstić information content (AvgIpc) is 2.43. The van der Waals surface area contributed by atoms with Gasteiger partial charge in [0.05, 0.1) is 7.11 Å². The maximum absolute atomic E-state index is 5.19. The second kappa shape index (κ2) is 2.76. The van der Waals surface area contributed by atoms with Gasteiger partial charge in [-0.1, -0.05) is 0 Å². The normalized spacial score (nSPS) is 10.7. The van der Waals surface area contributed by atoms with Crippen molar-refractivity contribution < 1.29 is 4.74 Å². The van der Waals surface area contributed by atoms with Crippen molar-refractivity contribution in [3.8, 4) is 5.88 Å². The minimum atomic E-state index is 0.688. The molecule has 3 nitrogen and oxygen atoms in total. The van der Waals surface area contributed by atoms with Gasteiger partial charge in [-0.05, 0) is 19.1 Å². The Hall–Kier alpha value is -1.51. The highest BCUT2D eigenvalue weighted by Gasteiger charge is 2.07. The third-order valence-corrected chi connectivity index (χ3v) is 2.34.